The van der Waals surface area contributed by atoms with Gasteiger partial charge >= 0.3 is 0 Å². The SMILES string of the molecule is CCN(CC(=O)NCc1cccs1)Cc1ccc(C(N)=O)cc1[N+](=O)[O-]. The molecule has 0 radical (unpaired) electrons. The Kier molecular flexibility index (Phi) is 6.81. The van der Waals surface area contributed by atoms with E-state index < -0.39 is 10.8 Å². The molecular formula is C17H20N4O4S. The van der Waals surface area contributed by atoms with Gasteiger partial charge in [-0.25, -0.2) is 0 Å². The average molecular weight is 376 g/mol. The van der Waals surface area contributed by atoms with Crippen molar-refractivity contribution < 1.29 is 14.5 Å². The van der Waals surface area contributed by atoms with Crippen LogP contribution >= 0.6 is 11.3 Å². The van der Waals surface area contributed by atoms with Gasteiger partial charge in [-0.15, -0.1) is 11.3 Å². The van der Waals surface area contributed by atoms with E-state index in [1.165, 1.54) is 18.2 Å². The summed E-state index contributed by atoms with van der Waals surface area (Å²) in [5, 5.41) is 16.1. The molecule has 1 aromatic heterocycles. The van der Waals surface area contributed by atoms with Crippen molar-refractivity contribution in [2.45, 2.75) is 20.0 Å². The number of carbonyl (C=O) groups is 2. The largest absolute Gasteiger partial charge is 0.366 e. The minimum absolute atomic E-state index is 0.0807. The lowest BCUT2D eigenvalue weighted by atomic mass is 10.1. The van der Waals surface area contributed by atoms with Crippen molar-refractivity contribution >= 4 is 28.8 Å². The Bertz CT molecular complexity index is 792. The lowest BCUT2D eigenvalue weighted by Crippen LogP contribution is -2.36. The standard InChI is InChI=1S/C17H20N4O4S/c1-2-20(11-16(22)19-9-14-4-3-7-26-14)10-13-6-5-12(17(18)23)8-15(13)21(24)25/h3-8H,2,9-11H2,1H3,(H2,18,23)(H,19,22). The summed E-state index contributed by atoms with van der Waals surface area (Å²) in [7, 11) is 0. The van der Waals surface area contributed by atoms with Crippen LogP contribution in [0.25, 0.3) is 0 Å². The molecule has 1 aromatic carbocycles. The second-order valence-electron chi connectivity index (χ2n) is 5.62. The highest BCUT2D eigenvalue weighted by Crippen LogP contribution is 2.22. The van der Waals surface area contributed by atoms with Gasteiger partial charge in [0.25, 0.3) is 5.69 Å². The molecule has 0 aliphatic rings. The van der Waals surface area contributed by atoms with Crippen molar-refractivity contribution in [3.8, 4) is 0 Å². The molecule has 0 aliphatic carbocycles. The number of rotatable bonds is 9. The van der Waals surface area contributed by atoms with Crippen LogP contribution in [0.15, 0.2) is 35.7 Å². The van der Waals surface area contributed by atoms with Gasteiger partial charge in [-0.2, -0.15) is 0 Å². The highest BCUT2D eigenvalue weighted by molar-refractivity contribution is 7.09. The molecule has 0 atom stereocenters. The summed E-state index contributed by atoms with van der Waals surface area (Å²) in [5.74, 6) is -0.878. The number of likely N-dealkylation sites (N-methyl/N-ethyl adjacent to an activating group) is 1. The number of hydrogen-bond donors (Lipinski definition) is 2. The summed E-state index contributed by atoms with van der Waals surface area (Å²) in [4.78, 5) is 36.9. The molecule has 2 aromatic rings. The molecular weight excluding hydrogens is 356 g/mol. The van der Waals surface area contributed by atoms with Crippen LogP contribution in [-0.4, -0.2) is 34.7 Å². The monoisotopic (exact) mass is 376 g/mol. The Morgan fingerprint density at radius 1 is 1.35 bits per heavy atom. The molecule has 0 saturated carbocycles. The lowest BCUT2D eigenvalue weighted by molar-refractivity contribution is -0.385. The summed E-state index contributed by atoms with van der Waals surface area (Å²) >= 11 is 1.56. The number of carbonyl (C=O) groups excluding carboxylic acids is 2. The molecule has 8 nitrogen and oxygen atoms in total. The Hall–Kier alpha value is -2.78. The number of primary amides is 1. The predicted molar refractivity (Wildman–Crippen MR) is 98.7 cm³/mol. The zero-order chi connectivity index (χ0) is 19.1. The van der Waals surface area contributed by atoms with Crippen molar-refractivity contribution in [3.05, 3.63) is 61.8 Å². The Balaban J connectivity index is 2.03. The first-order chi connectivity index (χ1) is 12.4. The van der Waals surface area contributed by atoms with Gasteiger partial charge < -0.3 is 11.1 Å². The summed E-state index contributed by atoms with van der Waals surface area (Å²) in [6.45, 7) is 3.22. The van der Waals surface area contributed by atoms with Crippen LogP contribution in [-0.2, 0) is 17.9 Å². The number of hydrogen-bond acceptors (Lipinski definition) is 6. The maximum Gasteiger partial charge on any atom is 0.274 e. The lowest BCUT2D eigenvalue weighted by Gasteiger charge is -2.20. The second-order valence-corrected chi connectivity index (χ2v) is 6.66. The van der Waals surface area contributed by atoms with E-state index in [1.807, 2.05) is 24.4 Å². The topological polar surface area (TPSA) is 119 Å². The van der Waals surface area contributed by atoms with Gasteiger partial charge in [0, 0.05) is 28.6 Å². The second kappa shape index (κ2) is 9.07. The molecule has 26 heavy (non-hydrogen) atoms. The van der Waals surface area contributed by atoms with Crippen molar-refractivity contribution in [2.24, 2.45) is 5.73 Å². The van der Waals surface area contributed by atoms with Gasteiger partial charge in [0.1, 0.15) is 0 Å². The van der Waals surface area contributed by atoms with Crippen LogP contribution in [0.1, 0.15) is 27.7 Å². The van der Waals surface area contributed by atoms with Crippen molar-refractivity contribution in [1.29, 1.82) is 0 Å². The van der Waals surface area contributed by atoms with E-state index in [0.717, 1.165) is 4.88 Å². The van der Waals surface area contributed by atoms with Crippen LogP contribution in [0.5, 0.6) is 0 Å². The summed E-state index contributed by atoms with van der Waals surface area (Å²) in [5.41, 5.74) is 5.50. The summed E-state index contributed by atoms with van der Waals surface area (Å²) in [6, 6.07) is 7.98. The van der Waals surface area contributed by atoms with Crippen molar-refractivity contribution in [3.63, 3.8) is 0 Å². The van der Waals surface area contributed by atoms with E-state index in [9.17, 15) is 19.7 Å². The van der Waals surface area contributed by atoms with Crippen LogP contribution < -0.4 is 11.1 Å². The number of benzene rings is 1. The molecule has 0 fully saturated rings. The number of amides is 2. The fraction of sp³-hybridized carbons (Fsp3) is 0.294. The smallest absolute Gasteiger partial charge is 0.274 e. The molecule has 2 rings (SSSR count). The number of nitrogens with one attached hydrogen (secondary N) is 1. The highest BCUT2D eigenvalue weighted by Gasteiger charge is 2.19. The number of thiophene rings is 1. The van der Waals surface area contributed by atoms with E-state index in [1.54, 1.807) is 16.2 Å². The minimum Gasteiger partial charge on any atom is -0.366 e. The van der Waals surface area contributed by atoms with E-state index in [2.05, 4.69) is 5.32 Å². The van der Waals surface area contributed by atoms with Crippen LogP contribution in [0.2, 0.25) is 0 Å². The molecule has 0 saturated heterocycles. The number of nitrogens with zero attached hydrogens (tertiary/aromatic N) is 2. The molecule has 1 heterocycles. The van der Waals surface area contributed by atoms with Crippen LogP contribution in [0.3, 0.4) is 0 Å². The number of nitrogens with two attached hydrogens (primary N) is 1. The number of nitro benzene ring substituents is 1. The minimum atomic E-state index is -0.722. The molecule has 0 unspecified atom stereocenters. The highest BCUT2D eigenvalue weighted by atomic mass is 32.1. The van der Waals surface area contributed by atoms with Gasteiger partial charge in [-0.05, 0) is 24.1 Å². The van der Waals surface area contributed by atoms with Gasteiger partial charge in [-0.1, -0.05) is 19.1 Å². The first-order valence-electron chi connectivity index (χ1n) is 7.99. The quantitative estimate of drug-likeness (QED) is 0.512. The third-order valence-electron chi connectivity index (χ3n) is 3.81. The molecule has 2 amide bonds. The molecule has 0 bridgehead atoms. The van der Waals surface area contributed by atoms with Gasteiger partial charge in [0.15, 0.2) is 0 Å². The first kappa shape index (κ1) is 19.5. The van der Waals surface area contributed by atoms with Gasteiger partial charge in [-0.3, -0.25) is 24.6 Å². The first-order valence-corrected chi connectivity index (χ1v) is 8.87. The Morgan fingerprint density at radius 2 is 2.12 bits per heavy atom. The van der Waals surface area contributed by atoms with Gasteiger partial charge in [0.05, 0.1) is 18.0 Å². The number of nitro groups is 1. The molecule has 0 spiro atoms. The maximum atomic E-state index is 12.1. The normalized spacial score (nSPS) is 10.7. The summed E-state index contributed by atoms with van der Waals surface area (Å²) in [6.07, 6.45) is 0. The molecule has 3 N–H and O–H groups in total. The third kappa shape index (κ3) is 5.36. The van der Waals surface area contributed by atoms with Crippen molar-refractivity contribution in [2.75, 3.05) is 13.1 Å². The van der Waals surface area contributed by atoms with E-state index >= 15 is 0 Å². The van der Waals surface area contributed by atoms with Gasteiger partial charge in [0.2, 0.25) is 11.8 Å². The van der Waals surface area contributed by atoms with E-state index in [0.29, 0.717) is 18.7 Å². The summed E-state index contributed by atoms with van der Waals surface area (Å²) < 4.78 is 0. The average Bonchev–Trinajstić information content (AvgIpc) is 3.12. The zero-order valence-corrected chi connectivity index (χ0v) is 15.1. The van der Waals surface area contributed by atoms with E-state index in [-0.39, 0.29) is 30.2 Å². The molecule has 9 heteroatoms. The Labute approximate surface area is 154 Å². The zero-order valence-electron chi connectivity index (χ0n) is 14.3. The van der Waals surface area contributed by atoms with Crippen molar-refractivity contribution in [1.82, 2.24) is 10.2 Å². The third-order valence-corrected chi connectivity index (χ3v) is 4.69. The molecule has 0 aliphatic heterocycles. The fourth-order valence-electron chi connectivity index (χ4n) is 2.40. The van der Waals surface area contributed by atoms with Crippen LogP contribution in [0.4, 0.5) is 5.69 Å². The van der Waals surface area contributed by atoms with Crippen LogP contribution in [0, 0.1) is 10.1 Å². The maximum absolute atomic E-state index is 12.1. The molecule has 138 valence electrons. The fourth-order valence-corrected chi connectivity index (χ4v) is 3.04. The predicted octanol–water partition coefficient (Wildman–Crippen LogP) is 1.89. The van der Waals surface area contributed by atoms with E-state index in [4.69, 9.17) is 5.73 Å². The Morgan fingerprint density at radius 3 is 2.69 bits per heavy atom.